The number of rotatable bonds is 8. The minimum absolute atomic E-state index is 0.182. The Bertz CT molecular complexity index is 786. The molecule has 0 bridgehead atoms. The summed E-state index contributed by atoms with van der Waals surface area (Å²) in [6.07, 6.45) is 3.73. The summed E-state index contributed by atoms with van der Waals surface area (Å²) in [6, 6.07) is 19.4. The summed E-state index contributed by atoms with van der Waals surface area (Å²) in [5, 5.41) is 0. The predicted molar refractivity (Wildman–Crippen MR) is 111 cm³/mol. The Morgan fingerprint density at radius 1 is 0.926 bits per heavy atom. The van der Waals surface area contributed by atoms with Gasteiger partial charge in [-0.3, -0.25) is 0 Å². The predicted octanol–water partition coefficient (Wildman–Crippen LogP) is 3.45. The second-order valence-electron chi connectivity index (χ2n) is 7.50. The molecule has 0 aliphatic carbocycles. The van der Waals surface area contributed by atoms with Crippen LogP contribution in [0.4, 0.5) is 0 Å². The number of sulfone groups is 1. The first-order chi connectivity index (χ1) is 13.0. The van der Waals surface area contributed by atoms with Crippen LogP contribution in [0.15, 0.2) is 65.6 Å². The molecule has 1 fully saturated rings. The zero-order valence-corrected chi connectivity index (χ0v) is 16.7. The van der Waals surface area contributed by atoms with Crippen molar-refractivity contribution in [2.75, 3.05) is 25.4 Å². The topological polar surface area (TPSA) is 63.4 Å². The lowest BCUT2D eigenvalue weighted by atomic mass is 9.92. The Balaban J connectivity index is 1.64. The van der Waals surface area contributed by atoms with Crippen molar-refractivity contribution >= 4 is 9.84 Å². The van der Waals surface area contributed by atoms with Crippen LogP contribution in [-0.4, -0.2) is 44.7 Å². The molecule has 2 N–H and O–H groups in total. The van der Waals surface area contributed by atoms with Gasteiger partial charge in [-0.15, -0.1) is 0 Å². The quantitative estimate of drug-likeness (QED) is 0.755. The van der Waals surface area contributed by atoms with E-state index in [9.17, 15) is 8.42 Å². The summed E-state index contributed by atoms with van der Waals surface area (Å²) < 4.78 is 25.4. The van der Waals surface area contributed by atoms with Crippen LogP contribution >= 0.6 is 0 Å². The first-order valence-corrected chi connectivity index (χ1v) is 11.5. The maximum atomic E-state index is 12.7. The van der Waals surface area contributed by atoms with Crippen LogP contribution in [0.25, 0.3) is 0 Å². The summed E-state index contributed by atoms with van der Waals surface area (Å²) in [6.45, 7) is 3.09. The Labute approximate surface area is 163 Å². The molecule has 0 spiro atoms. The van der Waals surface area contributed by atoms with E-state index in [4.69, 9.17) is 5.73 Å². The van der Waals surface area contributed by atoms with Crippen LogP contribution in [0.1, 0.15) is 37.2 Å². The van der Waals surface area contributed by atoms with Crippen LogP contribution in [0.2, 0.25) is 0 Å². The second-order valence-corrected chi connectivity index (χ2v) is 9.61. The van der Waals surface area contributed by atoms with E-state index in [1.165, 1.54) is 5.56 Å². The SMILES string of the molecule is NC1CCN(CCC(CCS(=O)(=O)c2ccccc2)c2ccccc2)CC1. The first kappa shape index (κ1) is 20.1. The van der Waals surface area contributed by atoms with Crippen molar-refractivity contribution in [1.82, 2.24) is 4.90 Å². The number of likely N-dealkylation sites (tertiary alicyclic amines) is 1. The third-order valence-electron chi connectivity index (χ3n) is 5.53. The maximum Gasteiger partial charge on any atom is 0.178 e. The van der Waals surface area contributed by atoms with E-state index in [2.05, 4.69) is 17.0 Å². The molecule has 27 heavy (non-hydrogen) atoms. The van der Waals surface area contributed by atoms with Crippen LogP contribution < -0.4 is 5.73 Å². The molecule has 1 aliphatic rings. The van der Waals surface area contributed by atoms with E-state index in [0.717, 1.165) is 38.9 Å². The molecular formula is C22H30N2O2S. The zero-order chi connectivity index (χ0) is 19.1. The molecule has 4 nitrogen and oxygen atoms in total. The average molecular weight is 387 g/mol. The number of hydrogen-bond acceptors (Lipinski definition) is 4. The molecule has 2 aromatic rings. The number of hydrogen-bond donors (Lipinski definition) is 1. The Hall–Kier alpha value is -1.69. The number of nitrogens with zero attached hydrogens (tertiary/aromatic N) is 1. The Kier molecular flexibility index (Phi) is 7.05. The van der Waals surface area contributed by atoms with Crippen LogP contribution in [0.5, 0.6) is 0 Å². The fourth-order valence-corrected chi connectivity index (χ4v) is 5.16. The standard InChI is InChI=1S/C22H30N2O2S/c23-21-12-16-24(17-13-21)15-11-20(19-7-3-1-4-8-19)14-18-27(25,26)22-9-5-2-6-10-22/h1-10,20-21H,11-18,23H2. The van der Waals surface area contributed by atoms with Gasteiger partial charge < -0.3 is 10.6 Å². The molecule has 1 saturated heterocycles. The molecule has 2 aromatic carbocycles. The van der Waals surface area contributed by atoms with Crippen LogP contribution in [0.3, 0.4) is 0 Å². The maximum absolute atomic E-state index is 12.7. The van der Waals surface area contributed by atoms with Crippen molar-refractivity contribution in [1.29, 1.82) is 0 Å². The van der Waals surface area contributed by atoms with Gasteiger partial charge in [-0.2, -0.15) is 0 Å². The van der Waals surface area contributed by atoms with Gasteiger partial charge in [0.15, 0.2) is 9.84 Å². The first-order valence-electron chi connectivity index (χ1n) is 9.85. The molecule has 3 rings (SSSR count). The molecule has 146 valence electrons. The van der Waals surface area contributed by atoms with E-state index in [1.54, 1.807) is 24.3 Å². The average Bonchev–Trinajstić information content (AvgIpc) is 2.70. The van der Waals surface area contributed by atoms with Crippen molar-refractivity contribution in [3.05, 3.63) is 66.2 Å². The van der Waals surface area contributed by atoms with Crippen LogP contribution in [-0.2, 0) is 9.84 Å². The second kappa shape index (κ2) is 9.49. The zero-order valence-electron chi connectivity index (χ0n) is 15.8. The van der Waals surface area contributed by atoms with Crippen molar-refractivity contribution in [2.45, 2.75) is 42.5 Å². The Morgan fingerprint density at radius 3 is 2.15 bits per heavy atom. The number of benzene rings is 2. The number of nitrogens with two attached hydrogens (primary N) is 1. The summed E-state index contributed by atoms with van der Waals surface area (Å²) in [5.41, 5.74) is 7.23. The van der Waals surface area contributed by atoms with Crippen LogP contribution in [0, 0.1) is 0 Å². The normalized spacial score (nSPS) is 17.7. The third kappa shape index (κ3) is 5.89. The highest BCUT2D eigenvalue weighted by Gasteiger charge is 2.21. The summed E-state index contributed by atoms with van der Waals surface area (Å²) >= 11 is 0. The molecule has 1 unspecified atom stereocenters. The summed E-state index contributed by atoms with van der Waals surface area (Å²) in [4.78, 5) is 2.88. The third-order valence-corrected chi connectivity index (χ3v) is 7.30. The van der Waals surface area contributed by atoms with Gasteiger partial charge in [0.05, 0.1) is 10.6 Å². The van der Waals surface area contributed by atoms with Crippen molar-refractivity contribution in [3.8, 4) is 0 Å². The molecule has 1 atom stereocenters. The van der Waals surface area contributed by atoms with Gasteiger partial charge >= 0.3 is 0 Å². The highest BCUT2D eigenvalue weighted by atomic mass is 32.2. The molecule has 0 saturated carbocycles. The summed E-state index contributed by atoms with van der Waals surface area (Å²) in [7, 11) is -3.24. The number of piperidine rings is 1. The molecule has 1 aliphatic heterocycles. The fraction of sp³-hybridized carbons (Fsp3) is 0.455. The van der Waals surface area contributed by atoms with Gasteiger partial charge in [-0.1, -0.05) is 48.5 Å². The lowest BCUT2D eigenvalue weighted by Crippen LogP contribution is -2.40. The van der Waals surface area contributed by atoms with Gasteiger partial charge in [0.2, 0.25) is 0 Å². The van der Waals surface area contributed by atoms with E-state index < -0.39 is 9.84 Å². The van der Waals surface area contributed by atoms with Gasteiger partial charge in [-0.25, -0.2) is 8.42 Å². The van der Waals surface area contributed by atoms with Crippen molar-refractivity contribution in [3.63, 3.8) is 0 Å². The van der Waals surface area contributed by atoms with E-state index in [1.807, 2.05) is 24.3 Å². The van der Waals surface area contributed by atoms with Gasteiger partial charge in [0.25, 0.3) is 0 Å². The van der Waals surface area contributed by atoms with Crippen molar-refractivity contribution in [2.24, 2.45) is 5.73 Å². The smallest absolute Gasteiger partial charge is 0.178 e. The van der Waals surface area contributed by atoms with Gasteiger partial charge in [0.1, 0.15) is 0 Å². The molecule has 0 radical (unpaired) electrons. The van der Waals surface area contributed by atoms with Crippen molar-refractivity contribution < 1.29 is 8.42 Å². The van der Waals surface area contributed by atoms with E-state index in [0.29, 0.717) is 17.4 Å². The largest absolute Gasteiger partial charge is 0.328 e. The summed E-state index contributed by atoms with van der Waals surface area (Å²) in [5.74, 6) is 0.432. The lowest BCUT2D eigenvalue weighted by Gasteiger charge is -2.31. The van der Waals surface area contributed by atoms with Gasteiger partial charge in [0, 0.05) is 6.04 Å². The van der Waals surface area contributed by atoms with Gasteiger partial charge in [-0.05, 0) is 68.9 Å². The molecular weight excluding hydrogens is 356 g/mol. The minimum atomic E-state index is -3.24. The molecule has 1 heterocycles. The monoisotopic (exact) mass is 386 g/mol. The highest BCUT2D eigenvalue weighted by molar-refractivity contribution is 7.91. The highest BCUT2D eigenvalue weighted by Crippen LogP contribution is 2.26. The fourth-order valence-electron chi connectivity index (χ4n) is 3.76. The lowest BCUT2D eigenvalue weighted by molar-refractivity contribution is 0.206. The molecule has 5 heteroatoms. The Morgan fingerprint density at radius 2 is 1.52 bits per heavy atom. The van der Waals surface area contributed by atoms with E-state index >= 15 is 0 Å². The molecule has 0 aromatic heterocycles. The molecule has 0 amide bonds. The van der Waals surface area contributed by atoms with E-state index in [-0.39, 0.29) is 11.7 Å². The minimum Gasteiger partial charge on any atom is -0.328 e.